The molecule has 1 saturated heterocycles. The summed E-state index contributed by atoms with van der Waals surface area (Å²) in [6.07, 6.45) is 1.41. The molecule has 1 aromatic carbocycles. The molecule has 1 heterocycles. The normalized spacial score (nSPS) is 18.3. The first kappa shape index (κ1) is 16.2. The van der Waals surface area contributed by atoms with Crippen LogP contribution < -0.4 is 10.1 Å². The fourth-order valence-corrected chi connectivity index (χ4v) is 3.39. The number of nitrogens with zero attached hydrogens (tertiary/aromatic N) is 1. The molecule has 1 N–H and O–H groups in total. The molecule has 0 bridgehead atoms. The number of benzene rings is 1. The van der Waals surface area contributed by atoms with Crippen LogP contribution in [0.4, 0.5) is 0 Å². The molecular formula is C16H24N2O2S. The molecule has 1 unspecified atom stereocenters. The van der Waals surface area contributed by atoms with Crippen LogP contribution in [-0.2, 0) is 11.2 Å². The number of hydrogen-bond donors (Lipinski definition) is 1. The summed E-state index contributed by atoms with van der Waals surface area (Å²) >= 11 is 1.92. The van der Waals surface area contributed by atoms with Crippen LogP contribution in [0.25, 0.3) is 0 Å². The zero-order valence-corrected chi connectivity index (χ0v) is 13.6. The predicted octanol–water partition coefficient (Wildman–Crippen LogP) is 1.79. The number of carbonyl (C=O) groups is 1. The van der Waals surface area contributed by atoms with Crippen molar-refractivity contribution in [2.24, 2.45) is 0 Å². The van der Waals surface area contributed by atoms with Gasteiger partial charge in [-0.3, -0.25) is 4.79 Å². The van der Waals surface area contributed by atoms with Crippen molar-refractivity contribution in [3.8, 4) is 5.75 Å². The number of ether oxygens (including phenoxy) is 1. The molecule has 0 aliphatic carbocycles. The van der Waals surface area contributed by atoms with Gasteiger partial charge in [0.1, 0.15) is 5.75 Å². The van der Waals surface area contributed by atoms with Gasteiger partial charge in [-0.15, -0.1) is 0 Å². The second-order valence-corrected chi connectivity index (χ2v) is 6.46. The number of methoxy groups -OCH3 is 1. The van der Waals surface area contributed by atoms with Gasteiger partial charge >= 0.3 is 0 Å². The molecule has 1 aliphatic rings. The van der Waals surface area contributed by atoms with E-state index in [0.29, 0.717) is 12.5 Å². The highest BCUT2D eigenvalue weighted by molar-refractivity contribution is 7.99. The Morgan fingerprint density at radius 3 is 3.00 bits per heavy atom. The van der Waals surface area contributed by atoms with E-state index in [0.717, 1.165) is 42.3 Å². The van der Waals surface area contributed by atoms with E-state index in [1.807, 2.05) is 41.9 Å². The van der Waals surface area contributed by atoms with Crippen LogP contribution in [0.3, 0.4) is 0 Å². The Morgan fingerprint density at radius 2 is 2.29 bits per heavy atom. The van der Waals surface area contributed by atoms with Crippen LogP contribution in [0.2, 0.25) is 0 Å². The van der Waals surface area contributed by atoms with Gasteiger partial charge in [-0.25, -0.2) is 0 Å². The van der Waals surface area contributed by atoms with E-state index < -0.39 is 0 Å². The van der Waals surface area contributed by atoms with E-state index >= 15 is 0 Å². The average Bonchev–Trinajstić information content (AvgIpc) is 2.53. The van der Waals surface area contributed by atoms with Crippen molar-refractivity contribution in [3.05, 3.63) is 29.8 Å². The summed E-state index contributed by atoms with van der Waals surface area (Å²) < 4.78 is 5.34. The summed E-state index contributed by atoms with van der Waals surface area (Å²) in [5, 5.41) is 3.41. The number of para-hydroxylation sites is 1. The summed E-state index contributed by atoms with van der Waals surface area (Å²) in [5.74, 6) is 3.29. The van der Waals surface area contributed by atoms with E-state index in [4.69, 9.17) is 4.74 Å². The maximum atomic E-state index is 12.2. The lowest BCUT2D eigenvalue weighted by molar-refractivity contribution is -0.130. The third kappa shape index (κ3) is 4.93. The van der Waals surface area contributed by atoms with E-state index in [2.05, 4.69) is 11.4 Å². The number of hydrogen-bond acceptors (Lipinski definition) is 4. The lowest BCUT2D eigenvalue weighted by Gasteiger charge is -2.25. The minimum Gasteiger partial charge on any atom is -0.496 e. The van der Waals surface area contributed by atoms with Crippen molar-refractivity contribution in [2.45, 2.75) is 18.9 Å². The molecule has 1 aliphatic heterocycles. The molecule has 4 nitrogen and oxygen atoms in total. The Hall–Kier alpha value is -1.20. The lowest BCUT2D eigenvalue weighted by atomic mass is 10.1. The molecule has 21 heavy (non-hydrogen) atoms. The molecule has 0 saturated carbocycles. The standard InChI is InChI=1S/C16H24N2O2S/c1-18(16(19)11-14-12-21-10-8-17-14)9-7-13-5-3-4-6-15(13)20-2/h3-6,14,17H,7-12H2,1-2H3. The molecule has 1 atom stereocenters. The highest BCUT2D eigenvalue weighted by Crippen LogP contribution is 2.18. The average molecular weight is 308 g/mol. The molecule has 116 valence electrons. The molecule has 2 rings (SSSR count). The van der Waals surface area contributed by atoms with E-state index in [9.17, 15) is 4.79 Å². The van der Waals surface area contributed by atoms with Crippen molar-refractivity contribution in [2.75, 3.05) is 38.8 Å². The van der Waals surface area contributed by atoms with Crippen LogP contribution in [0.15, 0.2) is 24.3 Å². The van der Waals surface area contributed by atoms with Gasteiger partial charge in [-0.2, -0.15) is 11.8 Å². The fraction of sp³-hybridized carbons (Fsp3) is 0.562. The molecule has 5 heteroatoms. The van der Waals surface area contributed by atoms with Crippen molar-refractivity contribution in [1.29, 1.82) is 0 Å². The van der Waals surface area contributed by atoms with Gasteiger partial charge in [0, 0.05) is 44.1 Å². The monoisotopic (exact) mass is 308 g/mol. The quantitative estimate of drug-likeness (QED) is 0.870. The smallest absolute Gasteiger partial charge is 0.223 e. The number of amides is 1. The predicted molar refractivity (Wildman–Crippen MR) is 88.1 cm³/mol. The van der Waals surface area contributed by atoms with Crippen LogP contribution in [0.1, 0.15) is 12.0 Å². The Morgan fingerprint density at radius 1 is 1.48 bits per heavy atom. The van der Waals surface area contributed by atoms with E-state index in [-0.39, 0.29) is 5.91 Å². The number of likely N-dealkylation sites (N-methyl/N-ethyl adjacent to an activating group) is 1. The Balaban J connectivity index is 1.80. The second kappa shape index (κ2) is 8.29. The number of nitrogens with one attached hydrogen (secondary N) is 1. The summed E-state index contributed by atoms with van der Waals surface area (Å²) in [4.78, 5) is 14.1. The summed E-state index contributed by atoms with van der Waals surface area (Å²) in [7, 11) is 3.56. The van der Waals surface area contributed by atoms with Gasteiger partial charge < -0.3 is 15.0 Å². The van der Waals surface area contributed by atoms with Gasteiger partial charge in [-0.05, 0) is 18.1 Å². The second-order valence-electron chi connectivity index (χ2n) is 5.31. The van der Waals surface area contributed by atoms with Crippen LogP contribution in [0.5, 0.6) is 5.75 Å². The SMILES string of the molecule is COc1ccccc1CCN(C)C(=O)CC1CSCCN1. The van der Waals surface area contributed by atoms with Crippen molar-refractivity contribution >= 4 is 17.7 Å². The number of thioether (sulfide) groups is 1. The van der Waals surface area contributed by atoms with Crippen LogP contribution in [-0.4, -0.2) is 55.6 Å². The molecule has 0 aromatic heterocycles. The maximum absolute atomic E-state index is 12.2. The van der Waals surface area contributed by atoms with Crippen molar-refractivity contribution in [3.63, 3.8) is 0 Å². The first-order chi connectivity index (χ1) is 10.2. The summed E-state index contributed by atoms with van der Waals surface area (Å²) in [6.45, 7) is 1.73. The van der Waals surface area contributed by atoms with Gasteiger partial charge in [0.2, 0.25) is 5.91 Å². The molecule has 1 aromatic rings. The minimum atomic E-state index is 0.213. The fourth-order valence-electron chi connectivity index (χ4n) is 2.44. The third-order valence-electron chi connectivity index (χ3n) is 3.75. The number of rotatable bonds is 6. The highest BCUT2D eigenvalue weighted by atomic mass is 32.2. The van der Waals surface area contributed by atoms with Crippen molar-refractivity contribution < 1.29 is 9.53 Å². The van der Waals surface area contributed by atoms with Gasteiger partial charge in [0.25, 0.3) is 0 Å². The molecule has 0 radical (unpaired) electrons. The van der Waals surface area contributed by atoms with Crippen LogP contribution >= 0.6 is 11.8 Å². The maximum Gasteiger partial charge on any atom is 0.223 e. The largest absolute Gasteiger partial charge is 0.496 e. The molecule has 1 amide bonds. The summed E-state index contributed by atoms with van der Waals surface area (Å²) in [6, 6.07) is 8.30. The molecule has 0 spiro atoms. The van der Waals surface area contributed by atoms with Gasteiger partial charge in [0.15, 0.2) is 0 Å². The molecule has 1 fully saturated rings. The molecular weight excluding hydrogens is 284 g/mol. The van der Waals surface area contributed by atoms with Crippen LogP contribution in [0, 0.1) is 0 Å². The number of carbonyl (C=O) groups excluding carboxylic acids is 1. The Bertz CT molecular complexity index is 461. The zero-order chi connectivity index (χ0) is 15.1. The third-order valence-corrected chi connectivity index (χ3v) is 4.89. The Labute approximate surface area is 131 Å². The minimum absolute atomic E-state index is 0.213. The Kier molecular flexibility index (Phi) is 6.39. The van der Waals surface area contributed by atoms with Gasteiger partial charge in [0.05, 0.1) is 7.11 Å². The first-order valence-corrected chi connectivity index (χ1v) is 8.53. The van der Waals surface area contributed by atoms with E-state index in [1.54, 1.807) is 7.11 Å². The van der Waals surface area contributed by atoms with Gasteiger partial charge in [-0.1, -0.05) is 18.2 Å². The first-order valence-electron chi connectivity index (χ1n) is 7.37. The van der Waals surface area contributed by atoms with Crippen molar-refractivity contribution in [1.82, 2.24) is 10.2 Å². The highest BCUT2D eigenvalue weighted by Gasteiger charge is 2.19. The van der Waals surface area contributed by atoms with E-state index in [1.165, 1.54) is 0 Å². The topological polar surface area (TPSA) is 41.6 Å². The lowest BCUT2D eigenvalue weighted by Crippen LogP contribution is -2.42. The zero-order valence-electron chi connectivity index (χ0n) is 12.8. The summed E-state index contributed by atoms with van der Waals surface area (Å²) in [5.41, 5.74) is 1.14.